The predicted octanol–water partition coefficient (Wildman–Crippen LogP) is 6.49. The zero-order valence-corrected chi connectivity index (χ0v) is 23.2. The Morgan fingerprint density at radius 1 is 1.10 bits per heavy atom. The summed E-state index contributed by atoms with van der Waals surface area (Å²) in [6.45, 7) is 8.38. The molecule has 8 nitrogen and oxygen atoms in total. The van der Waals surface area contributed by atoms with Crippen molar-refractivity contribution in [2.45, 2.75) is 4.90 Å². The number of nitrogens with zero attached hydrogens (tertiary/aromatic N) is 3. The molecule has 3 heterocycles. The van der Waals surface area contributed by atoms with Gasteiger partial charge in [-0.3, -0.25) is 4.79 Å². The molecule has 0 atom stereocenters. The number of carbonyl (C=O) groups is 1. The molecule has 0 aliphatic carbocycles. The lowest BCUT2D eigenvalue weighted by Crippen LogP contribution is -2.50. The fraction of sp³-hybridized carbons (Fsp3) is 0.133. The Bertz CT molecular complexity index is 1970. The lowest BCUT2D eigenvalue weighted by molar-refractivity contribution is -0.142. The number of fused-ring (bicyclic) bond motifs is 1. The molecule has 5 aromatic rings. The highest BCUT2D eigenvalue weighted by Gasteiger charge is 2.34. The number of hydrogen-bond donors (Lipinski definition) is 1. The summed E-state index contributed by atoms with van der Waals surface area (Å²) in [7, 11) is -2.76. The Morgan fingerprint density at radius 3 is 2.54 bits per heavy atom. The van der Waals surface area contributed by atoms with Crippen LogP contribution in [0, 0.1) is 18.3 Å². The maximum absolute atomic E-state index is 14.7. The highest BCUT2D eigenvalue weighted by molar-refractivity contribution is 7.90. The van der Waals surface area contributed by atoms with E-state index in [1.165, 1.54) is 52.8 Å². The van der Waals surface area contributed by atoms with Gasteiger partial charge in [-0.15, -0.1) is 0 Å². The molecule has 1 saturated heterocycles. The van der Waals surface area contributed by atoms with E-state index in [0.717, 1.165) is 5.69 Å². The van der Waals surface area contributed by atoms with Crippen molar-refractivity contribution < 1.29 is 27.4 Å². The number of aromatic nitrogens is 1. The molecule has 1 N–H and O–H groups in total. The van der Waals surface area contributed by atoms with Crippen molar-refractivity contribution in [3.63, 3.8) is 0 Å². The molecule has 0 radical (unpaired) electrons. The average molecular weight is 588 g/mol. The third-order valence-electron chi connectivity index (χ3n) is 7.22. The zero-order valence-electron chi connectivity index (χ0n) is 21.6. The van der Waals surface area contributed by atoms with Crippen LogP contribution in [0.4, 0.5) is 15.1 Å². The number of carboxylic acids is 1. The number of hydrogen-bond acceptors (Lipinski definition) is 6. The first kappa shape index (κ1) is 26.6. The Balaban J connectivity index is 1.66. The standard InChI is InChI=1S/C30H22FN3O5S2/c1-32-29-24(12-13-40-29)27-25-15-20(31)6-11-26(25)34(41(37,38)23-9-7-22(39-2)8-10-23)28(27)18-4-3-5-21(14-18)33-16-19(17-33)30(35)36/h3-15,19H,16-17H2,2H3,(H,35,36). The SMILES string of the molecule is [C-]#[N+]c1sccc1-c1c(-c2cccc(N3CC(C(=O)O)C3)c2)n(S(=O)(=O)c2ccc(OC)cc2)c2ccc(F)cc12. The molecule has 11 heteroatoms. The summed E-state index contributed by atoms with van der Waals surface area (Å²) >= 11 is 1.22. The van der Waals surface area contributed by atoms with Crippen molar-refractivity contribution in [2.24, 2.45) is 5.92 Å². The van der Waals surface area contributed by atoms with Crippen LogP contribution in [0.5, 0.6) is 5.75 Å². The second-order valence-electron chi connectivity index (χ2n) is 9.57. The fourth-order valence-electron chi connectivity index (χ4n) is 5.15. The quantitative estimate of drug-likeness (QED) is 0.219. The van der Waals surface area contributed by atoms with E-state index in [2.05, 4.69) is 4.85 Å². The lowest BCUT2D eigenvalue weighted by atomic mass is 9.97. The van der Waals surface area contributed by atoms with Gasteiger partial charge in [-0.1, -0.05) is 18.2 Å². The highest BCUT2D eigenvalue weighted by Crippen LogP contribution is 2.48. The maximum Gasteiger partial charge on any atom is 0.310 e. The average Bonchev–Trinajstić information content (AvgIpc) is 3.54. The van der Waals surface area contributed by atoms with Crippen molar-refractivity contribution >= 4 is 48.9 Å². The van der Waals surface area contributed by atoms with E-state index in [0.29, 0.717) is 45.9 Å². The van der Waals surface area contributed by atoms with Gasteiger partial charge >= 0.3 is 5.97 Å². The van der Waals surface area contributed by atoms with Crippen LogP contribution in [0.3, 0.4) is 0 Å². The normalized spacial score (nSPS) is 13.6. The molecule has 206 valence electrons. The molecule has 0 spiro atoms. The minimum absolute atomic E-state index is 0.00578. The summed E-state index contributed by atoms with van der Waals surface area (Å²) in [6.07, 6.45) is 0. The van der Waals surface area contributed by atoms with Gasteiger partial charge in [0, 0.05) is 40.9 Å². The molecule has 3 aromatic carbocycles. The van der Waals surface area contributed by atoms with E-state index in [1.54, 1.807) is 41.8 Å². The van der Waals surface area contributed by atoms with E-state index >= 15 is 0 Å². The molecule has 0 saturated carbocycles. The van der Waals surface area contributed by atoms with Crippen LogP contribution in [0.2, 0.25) is 0 Å². The highest BCUT2D eigenvalue weighted by atomic mass is 32.2. The van der Waals surface area contributed by atoms with Crippen molar-refractivity contribution in [2.75, 3.05) is 25.1 Å². The van der Waals surface area contributed by atoms with E-state index in [-0.39, 0.29) is 16.1 Å². The van der Waals surface area contributed by atoms with Crippen molar-refractivity contribution in [3.8, 4) is 28.1 Å². The molecule has 2 aromatic heterocycles. The molecular formula is C30H22FN3O5S2. The number of benzene rings is 3. The molecule has 41 heavy (non-hydrogen) atoms. The number of rotatable bonds is 7. The van der Waals surface area contributed by atoms with Crippen molar-refractivity contribution in [3.05, 3.63) is 95.4 Å². The van der Waals surface area contributed by atoms with Gasteiger partial charge in [0.2, 0.25) is 5.00 Å². The van der Waals surface area contributed by atoms with Crippen LogP contribution in [0.25, 0.3) is 38.1 Å². The Hall–Kier alpha value is -4.66. The first-order valence-electron chi connectivity index (χ1n) is 12.5. The van der Waals surface area contributed by atoms with Gasteiger partial charge in [0.15, 0.2) is 0 Å². The van der Waals surface area contributed by atoms with Crippen LogP contribution < -0.4 is 9.64 Å². The summed E-state index contributed by atoms with van der Waals surface area (Å²) in [4.78, 5) is 16.9. The van der Waals surface area contributed by atoms with E-state index in [9.17, 15) is 22.7 Å². The lowest BCUT2D eigenvalue weighted by Gasteiger charge is -2.38. The summed E-state index contributed by atoms with van der Waals surface area (Å²) in [6, 6.07) is 18.8. The second kappa shape index (κ2) is 10.1. The van der Waals surface area contributed by atoms with Crippen LogP contribution >= 0.6 is 11.3 Å². The minimum Gasteiger partial charge on any atom is -0.497 e. The molecule has 0 unspecified atom stereocenters. The molecule has 0 bridgehead atoms. The number of aliphatic carboxylic acids is 1. The molecule has 0 amide bonds. The van der Waals surface area contributed by atoms with Gasteiger partial charge in [-0.25, -0.2) is 21.6 Å². The van der Waals surface area contributed by atoms with Crippen molar-refractivity contribution in [1.82, 2.24) is 3.97 Å². The number of halogens is 1. The van der Waals surface area contributed by atoms with Gasteiger partial charge in [-0.05, 0) is 60.0 Å². The fourth-order valence-corrected chi connectivity index (χ4v) is 7.37. The van der Waals surface area contributed by atoms with Gasteiger partial charge in [-0.2, -0.15) is 11.3 Å². The molecular weight excluding hydrogens is 565 g/mol. The Morgan fingerprint density at radius 2 is 1.85 bits per heavy atom. The van der Waals surface area contributed by atoms with Crippen LogP contribution in [-0.2, 0) is 14.8 Å². The topological polar surface area (TPSA) is 93.2 Å². The third-order valence-corrected chi connectivity index (χ3v) is 9.75. The van der Waals surface area contributed by atoms with Gasteiger partial charge < -0.3 is 14.7 Å². The number of anilines is 1. The van der Waals surface area contributed by atoms with Crippen LogP contribution in [-0.4, -0.2) is 43.7 Å². The van der Waals surface area contributed by atoms with Crippen LogP contribution in [0.1, 0.15) is 0 Å². The van der Waals surface area contributed by atoms with E-state index in [1.807, 2.05) is 11.0 Å². The van der Waals surface area contributed by atoms with E-state index in [4.69, 9.17) is 11.3 Å². The monoisotopic (exact) mass is 587 g/mol. The smallest absolute Gasteiger partial charge is 0.310 e. The van der Waals surface area contributed by atoms with Gasteiger partial charge in [0.25, 0.3) is 10.0 Å². The molecule has 1 aliphatic rings. The Labute approximate surface area is 239 Å². The van der Waals surface area contributed by atoms with Gasteiger partial charge in [0.05, 0.1) is 35.7 Å². The zero-order chi connectivity index (χ0) is 28.9. The Kier molecular flexibility index (Phi) is 6.52. The maximum atomic E-state index is 14.7. The summed E-state index contributed by atoms with van der Waals surface area (Å²) < 4.78 is 49.9. The first-order chi connectivity index (χ1) is 19.7. The summed E-state index contributed by atoms with van der Waals surface area (Å²) in [5.41, 5.74) is 2.71. The first-order valence-corrected chi connectivity index (χ1v) is 14.8. The predicted molar refractivity (Wildman–Crippen MR) is 156 cm³/mol. The number of carboxylic acid groups (broad SMARTS) is 1. The molecule has 1 aliphatic heterocycles. The molecule has 6 rings (SSSR count). The number of methoxy groups -OCH3 is 1. The van der Waals surface area contributed by atoms with Crippen LogP contribution in [0.15, 0.2) is 83.1 Å². The third kappa shape index (κ3) is 4.41. The van der Waals surface area contributed by atoms with Crippen molar-refractivity contribution in [1.29, 1.82) is 0 Å². The second-order valence-corrected chi connectivity index (χ2v) is 12.3. The number of ether oxygens (including phenoxy) is 1. The van der Waals surface area contributed by atoms with E-state index < -0.39 is 27.7 Å². The van der Waals surface area contributed by atoms with Gasteiger partial charge in [0.1, 0.15) is 11.6 Å². The summed E-state index contributed by atoms with van der Waals surface area (Å²) in [5, 5.41) is 11.8. The minimum atomic E-state index is -4.24. The molecule has 1 fully saturated rings. The number of thiophene rings is 1. The summed E-state index contributed by atoms with van der Waals surface area (Å²) in [5.74, 6) is -1.40. The largest absolute Gasteiger partial charge is 0.497 e.